The van der Waals surface area contributed by atoms with Gasteiger partial charge in [-0.25, -0.2) is 0 Å². The zero-order chi connectivity index (χ0) is 12.5. The molecule has 0 spiro atoms. The predicted octanol–water partition coefficient (Wildman–Crippen LogP) is 2.52. The Balaban J connectivity index is 2.23. The third-order valence-corrected chi connectivity index (χ3v) is 4.78. The first-order valence-corrected chi connectivity index (χ1v) is 6.80. The predicted molar refractivity (Wildman–Crippen MR) is 74.4 cm³/mol. The molecule has 1 aliphatic heterocycles. The minimum atomic E-state index is -0.281. The number of amides is 1. The molecule has 1 saturated heterocycles. The van der Waals surface area contributed by atoms with Crippen LogP contribution in [0.3, 0.4) is 0 Å². The largest absolute Gasteiger partial charge is 0.397 e. The number of para-hydroxylation sites is 2. The molecule has 1 heterocycles. The first-order valence-electron chi connectivity index (χ1n) is 5.81. The summed E-state index contributed by atoms with van der Waals surface area (Å²) >= 11 is 1.75. The zero-order valence-electron chi connectivity index (χ0n) is 10.3. The van der Waals surface area contributed by atoms with Gasteiger partial charge in [0.1, 0.15) is 0 Å². The number of carbonyl (C=O) groups excluding carboxylic acids is 1. The van der Waals surface area contributed by atoms with Crippen molar-refractivity contribution in [3.63, 3.8) is 0 Å². The number of hydrogen-bond acceptors (Lipinski definition) is 3. The SMILES string of the molecule is CN(C(=O)C1(C)CCCS1)c1ccccc1N. The molecular weight excluding hydrogens is 232 g/mol. The molecule has 1 aromatic rings. The molecule has 0 saturated carbocycles. The maximum atomic E-state index is 12.5. The summed E-state index contributed by atoms with van der Waals surface area (Å²) in [6.07, 6.45) is 2.07. The molecule has 0 aliphatic carbocycles. The number of benzene rings is 1. The van der Waals surface area contributed by atoms with Gasteiger partial charge in [-0.2, -0.15) is 0 Å². The summed E-state index contributed by atoms with van der Waals surface area (Å²) in [4.78, 5) is 14.2. The smallest absolute Gasteiger partial charge is 0.242 e. The number of anilines is 2. The van der Waals surface area contributed by atoms with E-state index in [4.69, 9.17) is 5.73 Å². The summed E-state index contributed by atoms with van der Waals surface area (Å²) in [6.45, 7) is 2.03. The van der Waals surface area contributed by atoms with Gasteiger partial charge in [-0.05, 0) is 37.7 Å². The Morgan fingerprint density at radius 3 is 2.76 bits per heavy atom. The number of nitrogen functional groups attached to an aromatic ring is 1. The Morgan fingerprint density at radius 2 is 2.18 bits per heavy atom. The first-order chi connectivity index (χ1) is 8.04. The number of rotatable bonds is 2. The van der Waals surface area contributed by atoms with Gasteiger partial charge >= 0.3 is 0 Å². The summed E-state index contributed by atoms with van der Waals surface area (Å²) in [5, 5.41) is 0. The minimum Gasteiger partial charge on any atom is -0.397 e. The van der Waals surface area contributed by atoms with E-state index >= 15 is 0 Å². The highest BCUT2D eigenvalue weighted by molar-refractivity contribution is 8.01. The van der Waals surface area contributed by atoms with E-state index in [2.05, 4.69) is 0 Å². The fourth-order valence-corrected chi connectivity index (χ4v) is 3.49. The van der Waals surface area contributed by atoms with Gasteiger partial charge < -0.3 is 10.6 Å². The fraction of sp³-hybridized carbons (Fsp3) is 0.462. The van der Waals surface area contributed by atoms with Crippen molar-refractivity contribution in [1.82, 2.24) is 0 Å². The lowest BCUT2D eigenvalue weighted by Gasteiger charge is -2.28. The topological polar surface area (TPSA) is 46.3 Å². The van der Waals surface area contributed by atoms with Crippen LogP contribution in [0.2, 0.25) is 0 Å². The Labute approximate surface area is 106 Å². The van der Waals surface area contributed by atoms with Crippen LogP contribution in [0.1, 0.15) is 19.8 Å². The maximum Gasteiger partial charge on any atom is 0.242 e. The lowest BCUT2D eigenvalue weighted by Crippen LogP contribution is -2.42. The van der Waals surface area contributed by atoms with E-state index < -0.39 is 0 Å². The van der Waals surface area contributed by atoms with Crippen molar-refractivity contribution in [3.05, 3.63) is 24.3 Å². The highest BCUT2D eigenvalue weighted by Crippen LogP contribution is 2.40. The molecule has 0 radical (unpaired) electrons. The Hall–Kier alpha value is -1.16. The molecule has 1 amide bonds. The van der Waals surface area contributed by atoms with Crippen molar-refractivity contribution in [2.75, 3.05) is 23.4 Å². The molecule has 92 valence electrons. The van der Waals surface area contributed by atoms with Crippen LogP contribution in [0.5, 0.6) is 0 Å². The van der Waals surface area contributed by atoms with Crippen LogP contribution >= 0.6 is 11.8 Å². The number of nitrogens with zero attached hydrogens (tertiary/aromatic N) is 1. The van der Waals surface area contributed by atoms with Crippen LogP contribution < -0.4 is 10.6 Å². The molecule has 1 atom stereocenters. The fourth-order valence-electron chi connectivity index (χ4n) is 2.20. The van der Waals surface area contributed by atoms with Crippen LogP contribution in [-0.2, 0) is 4.79 Å². The lowest BCUT2D eigenvalue weighted by atomic mass is 10.0. The third-order valence-electron chi connectivity index (χ3n) is 3.27. The summed E-state index contributed by atoms with van der Waals surface area (Å²) in [7, 11) is 1.80. The van der Waals surface area contributed by atoms with Gasteiger partial charge in [0.2, 0.25) is 5.91 Å². The van der Waals surface area contributed by atoms with E-state index in [0.717, 1.165) is 24.3 Å². The highest BCUT2D eigenvalue weighted by Gasteiger charge is 2.39. The average Bonchev–Trinajstić information content (AvgIpc) is 2.76. The monoisotopic (exact) mass is 250 g/mol. The standard InChI is InChI=1S/C13H18N2OS/c1-13(8-5-9-17-13)12(16)15(2)11-7-4-3-6-10(11)14/h3-4,6-7H,5,8-9,14H2,1-2H3. The summed E-state index contributed by atoms with van der Waals surface area (Å²) < 4.78 is -0.281. The van der Waals surface area contributed by atoms with Gasteiger partial charge in [-0.15, -0.1) is 11.8 Å². The lowest BCUT2D eigenvalue weighted by molar-refractivity contribution is -0.120. The van der Waals surface area contributed by atoms with E-state index in [0.29, 0.717) is 5.69 Å². The second-order valence-corrected chi connectivity index (χ2v) is 6.20. The van der Waals surface area contributed by atoms with Gasteiger partial charge in [-0.1, -0.05) is 12.1 Å². The van der Waals surface area contributed by atoms with Crippen molar-refractivity contribution in [2.24, 2.45) is 0 Å². The van der Waals surface area contributed by atoms with Crippen LogP contribution in [0.4, 0.5) is 11.4 Å². The van der Waals surface area contributed by atoms with Crippen molar-refractivity contribution in [1.29, 1.82) is 0 Å². The van der Waals surface area contributed by atoms with Crippen LogP contribution in [0.25, 0.3) is 0 Å². The van der Waals surface area contributed by atoms with Crippen LogP contribution in [-0.4, -0.2) is 23.5 Å². The van der Waals surface area contributed by atoms with Gasteiger partial charge in [-0.3, -0.25) is 4.79 Å². The van der Waals surface area contributed by atoms with Crippen molar-refractivity contribution >= 4 is 29.0 Å². The van der Waals surface area contributed by atoms with Gasteiger partial charge in [0, 0.05) is 7.05 Å². The van der Waals surface area contributed by atoms with Crippen LogP contribution in [0, 0.1) is 0 Å². The number of carbonyl (C=O) groups is 1. The summed E-state index contributed by atoms with van der Waals surface area (Å²) in [6, 6.07) is 7.49. The molecule has 1 fully saturated rings. The van der Waals surface area contributed by atoms with Gasteiger partial charge in [0.25, 0.3) is 0 Å². The number of hydrogen-bond donors (Lipinski definition) is 1. The molecule has 0 aromatic heterocycles. The second-order valence-electron chi connectivity index (χ2n) is 4.61. The van der Waals surface area contributed by atoms with E-state index in [9.17, 15) is 4.79 Å². The molecule has 17 heavy (non-hydrogen) atoms. The molecular formula is C13H18N2OS. The molecule has 2 rings (SSSR count). The summed E-state index contributed by atoms with van der Waals surface area (Å²) in [5.41, 5.74) is 7.35. The number of nitrogens with two attached hydrogens (primary N) is 1. The zero-order valence-corrected chi connectivity index (χ0v) is 11.1. The summed E-state index contributed by atoms with van der Waals surface area (Å²) in [5.74, 6) is 1.22. The maximum absolute atomic E-state index is 12.5. The molecule has 1 unspecified atom stereocenters. The van der Waals surface area contributed by atoms with E-state index in [1.807, 2.05) is 31.2 Å². The van der Waals surface area contributed by atoms with E-state index in [1.165, 1.54) is 0 Å². The van der Waals surface area contributed by atoms with Crippen molar-refractivity contribution < 1.29 is 4.79 Å². The van der Waals surface area contributed by atoms with Crippen molar-refractivity contribution in [2.45, 2.75) is 24.5 Å². The second kappa shape index (κ2) is 4.61. The average molecular weight is 250 g/mol. The molecule has 3 nitrogen and oxygen atoms in total. The highest BCUT2D eigenvalue weighted by atomic mass is 32.2. The Bertz CT molecular complexity index is 427. The quantitative estimate of drug-likeness (QED) is 0.820. The molecule has 4 heteroatoms. The Kier molecular flexibility index (Phi) is 3.33. The van der Waals surface area contributed by atoms with Gasteiger partial charge in [0.15, 0.2) is 0 Å². The molecule has 0 bridgehead atoms. The molecule has 1 aliphatic rings. The van der Waals surface area contributed by atoms with Gasteiger partial charge in [0.05, 0.1) is 16.1 Å². The normalized spacial score (nSPS) is 23.6. The van der Waals surface area contributed by atoms with Crippen molar-refractivity contribution in [3.8, 4) is 0 Å². The van der Waals surface area contributed by atoms with Crippen LogP contribution in [0.15, 0.2) is 24.3 Å². The van der Waals surface area contributed by atoms with E-state index in [-0.39, 0.29) is 10.7 Å². The van der Waals surface area contributed by atoms with E-state index in [1.54, 1.807) is 23.7 Å². The first kappa shape index (κ1) is 12.3. The molecule has 2 N–H and O–H groups in total. The molecule has 1 aromatic carbocycles. The minimum absolute atomic E-state index is 0.151. The Morgan fingerprint density at radius 1 is 1.47 bits per heavy atom. The number of thioether (sulfide) groups is 1. The third kappa shape index (κ3) is 2.27.